The highest BCUT2D eigenvalue weighted by Crippen LogP contribution is 2.22. The molecule has 0 spiro atoms. The fraction of sp³-hybridized carbons (Fsp3) is 0.100. The van der Waals surface area contributed by atoms with Crippen LogP contribution in [0.5, 0.6) is 5.75 Å². The minimum Gasteiger partial charge on any atom is -0.437 e. The highest BCUT2D eigenvalue weighted by molar-refractivity contribution is 5.72. The first kappa shape index (κ1) is 10.4. The van der Waals surface area contributed by atoms with Crippen molar-refractivity contribution in [1.82, 2.24) is 5.01 Å². The minimum atomic E-state index is -0.531. The first-order valence-corrected chi connectivity index (χ1v) is 4.62. The van der Waals surface area contributed by atoms with Gasteiger partial charge in [-0.3, -0.25) is 10.0 Å². The van der Waals surface area contributed by atoms with E-state index < -0.39 is 5.82 Å². The summed E-state index contributed by atoms with van der Waals surface area (Å²) in [7, 11) is 0. The van der Waals surface area contributed by atoms with Crippen LogP contribution in [0.25, 0.3) is 0 Å². The second-order valence-electron chi connectivity index (χ2n) is 3.24. The van der Waals surface area contributed by atoms with E-state index in [2.05, 4.69) is 4.99 Å². The fourth-order valence-electron chi connectivity index (χ4n) is 1.22. The Kier molecular flexibility index (Phi) is 2.74. The Morgan fingerprint density at radius 2 is 2.25 bits per heavy atom. The van der Waals surface area contributed by atoms with Crippen LogP contribution in [0.1, 0.15) is 0 Å². The Hall–Kier alpha value is -2.08. The quantitative estimate of drug-likeness (QED) is 0.574. The van der Waals surface area contributed by atoms with E-state index in [-0.39, 0.29) is 12.4 Å². The van der Waals surface area contributed by atoms with Gasteiger partial charge in [-0.25, -0.2) is 10.2 Å². The van der Waals surface area contributed by atoms with Gasteiger partial charge in [-0.2, -0.15) is 0 Å². The molecule has 16 heavy (non-hydrogen) atoms. The molecule has 5 nitrogen and oxygen atoms in total. The first-order valence-electron chi connectivity index (χ1n) is 4.62. The SMILES string of the molecule is Nc1ccc(OC2=CC=NCN2N)c(F)c1. The number of aliphatic imine (C=N–C) groups is 1. The van der Waals surface area contributed by atoms with Crippen LogP contribution in [0.4, 0.5) is 10.1 Å². The number of hydrogen-bond donors (Lipinski definition) is 2. The van der Waals surface area contributed by atoms with E-state index >= 15 is 0 Å². The van der Waals surface area contributed by atoms with Crippen molar-refractivity contribution in [2.75, 3.05) is 12.4 Å². The number of hydrogen-bond acceptors (Lipinski definition) is 5. The normalized spacial score (nSPS) is 14.9. The number of ether oxygens (including phenoxy) is 1. The molecule has 84 valence electrons. The zero-order chi connectivity index (χ0) is 11.5. The molecule has 0 fully saturated rings. The van der Waals surface area contributed by atoms with Gasteiger partial charge in [0.2, 0.25) is 5.88 Å². The molecule has 0 aromatic heterocycles. The predicted octanol–water partition coefficient (Wildman–Crippen LogP) is 0.846. The van der Waals surface area contributed by atoms with Crippen LogP contribution in [-0.2, 0) is 0 Å². The lowest BCUT2D eigenvalue weighted by Gasteiger charge is -2.21. The molecule has 0 bridgehead atoms. The second kappa shape index (κ2) is 4.19. The van der Waals surface area contributed by atoms with Crippen LogP contribution in [0.15, 0.2) is 35.2 Å². The number of nitrogens with two attached hydrogens (primary N) is 2. The van der Waals surface area contributed by atoms with Gasteiger partial charge in [0.05, 0.1) is 0 Å². The average Bonchev–Trinajstić information content (AvgIpc) is 2.25. The maximum Gasteiger partial charge on any atom is 0.213 e. The summed E-state index contributed by atoms with van der Waals surface area (Å²) in [5.74, 6) is 5.46. The number of anilines is 1. The lowest BCUT2D eigenvalue weighted by Crippen LogP contribution is -2.34. The van der Waals surface area contributed by atoms with Gasteiger partial charge in [-0.1, -0.05) is 0 Å². The van der Waals surface area contributed by atoms with Crippen LogP contribution in [-0.4, -0.2) is 17.9 Å². The topological polar surface area (TPSA) is 76.9 Å². The van der Waals surface area contributed by atoms with Crippen molar-refractivity contribution in [3.8, 4) is 5.75 Å². The minimum absolute atomic E-state index is 0.0752. The number of nitrogen functional groups attached to an aromatic ring is 1. The van der Waals surface area contributed by atoms with Crippen LogP contribution in [0, 0.1) is 5.82 Å². The summed E-state index contributed by atoms with van der Waals surface area (Å²) in [5.41, 5.74) is 5.76. The van der Waals surface area contributed by atoms with Crippen molar-refractivity contribution in [3.63, 3.8) is 0 Å². The molecule has 1 aliphatic heterocycles. The van der Waals surface area contributed by atoms with Crippen molar-refractivity contribution in [2.45, 2.75) is 0 Å². The van der Waals surface area contributed by atoms with Crippen molar-refractivity contribution in [3.05, 3.63) is 36.0 Å². The monoisotopic (exact) mass is 222 g/mol. The van der Waals surface area contributed by atoms with Gasteiger partial charge in [-0.05, 0) is 12.1 Å². The van der Waals surface area contributed by atoms with Crippen LogP contribution >= 0.6 is 0 Å². The maximum atomic E-state index is 13.4. The molecule has 0 saturated heterocycles. The van der Waals surface area contributed by atoms with Gasteiger partial charge in [0.15, 0.2) is 11.6 Å². The number of nitrogens with zero attached hydrogens (tertiary/aromatic N) is 2. The molecule has 4 N–H and O–H groups in total. The Bertz CT molecular complexity index is 458. The summed E-state index contributed by atoms with van der Waals surface area (Å²) >= 11 is 0. The van der Waals surface area contributed by atoms with Crippen LogP contribution < -0.4 is 16.3 Å². The van der Waals surface area contributed by atoms with Crippen molar-refractivity contribution >= 4 is 11.9 Å². The van der Waals surface area contributed by atoms with Crippen LogP contribution in [0.3, 0.4) is 0 Å². The number of allylic oxidation sites excluding steroid dienone is 1. The van der Waals surface area contributed by atoms with E-state index in [0.29, 0.717) is 11.6 Å². The molecule has 6 heteroatoms. The highest BCUT2D eigenvalue weighted by atomic mass is 19.1. The van der Waals surface area contributed by atoms with Crippen molar-refractivity contribution in [1.29, 1.82) is 0 Å². The average molecular weight is 222 g/mol. The molecule has 0 saturated carbocycles. The molecule has 0 aliphatic carbocycles. The zero-order valence-electron chi connectivity index (χ0n) is 8.43. The van der Waals surface area contributed by atoms with Crippen molar-refractivity contribution in [2.24, 2.45) is 10.8 Å². The fourth-order valence-corrected chi connectivity index (χ4v) is 1.22. The molecule has 1 aromatic rings. The molecule has 0 atom stereocenters. The Morgan fingerprint density at radius 3 is 2.94 bits per heavy atom. The smallest absolute Gasteiger partial charge is 0.213 e. The summed E-state index contributed by atoms with van der Waals surface area (Å²) in [6, 6.07) is 4.19. The molecular formula is C10H11FN4O. The van der Waals surface area contributed by atoms with Crippen LogP contribution in [0.2, 0.25) is 0 Å². The zero-order valence-corrected chi connectivity index (χ0v) is 8.43. The van der Waals surface area contributed by atoms with Gasteiger partial charge in [-0.15, -0.1) is 0 Å². The Morgan fingerprint density at radius 1 is 1.44 bits per heavy atom. The number of benzene rings is 1. The molecule has 0 unspecified atom stereocenters. The third kappa shape index (κ3) is 2.12. The van der Waals surface area contributed by atoms with Gasteiger partial charge in [0.1, 0.15) is 6.67 Å². The van der Waals surface area contributed by atoms with Gasteiger partial charge < -0.3 is 10.5 Å². The molecule has 0 amide bonds. The lowest BCUT2D eigenvalue weighted by atomic mass is 10.3. The van der Waals surface area contributed by atoms with E-state index in [1.54, 1.807) is 18.4 Å². The second-order valence-corrected chi connectivity index (χ2v) is 3.24. The summed E-state index contributed by atoms with van der Waals surface area (Å²) < 4.78 is 18.7. The van der Waals surface area contributed by atoms with E-state index in [0.717, 1.165) is 0 Å². The Balaban J connectivity index is 2.20. The Labute approximate surface area is 91.8 Å². The van der Waals surface area contributed by atoms with E-state index in [4.69, 9.17) is 16.3 Å². The van der Waals surface area contributed by atoms with Crippen molar-refractivity contribution < 1.29 is 9.13 Å². The van der Waals surface area contributed by atoms with Gasteiger partial charge >= 0.3 is 0 Å². The molecule has 0 radical (unpaired) electrons. The third-order valence-electron chi connectivity index (χ3n) is 2.01. The van der Waals surface area contributed by atoms with Gasteiger partial charge in [0, 0.05) is 24.0 Å². The molecular weight excluding hydrogens is 211 g/mol. The maximum absolute atomic E-state index is 13.4. The molecule has 1 heterocycles. The van der Waals surface area contributed by atoms with E-state index in [1.807, 2.05) is 0 Å². The third-order valence-corrected chi connectivity index (χ3v) is 2.01. The summed E-state index contributed by atoms with van der Waals surface area (Å²) in [6.45, 7) is 0.280. The first-order chi connectivity index (χ1) is 7.66. The molecule has 2 rings (SSSR count). The number of rotatable bonds is 2. The number of halogens is 1. The lowest BCUT2D eigenvalue weighted by molar-refractivity contribution is 0.216. The summed E-state index contributed by atoms with van der Waals surface area (Å²) in [4.78, 5) is 3.89. The summed E-state index contributed by atoms with van der Waals surface area (Å²) in [5, 5.41) is 1.27. The standard InChI is InChI=1S/C10H11FN4O/c11-8-5-7(12)1-2-9(8)16-10-3-4-14-6-15(10)13/h1-5H,6,12-13H2. The molecule has 1 aromatic carbocycles. The summed E-state index contributed by atoms with van der Waals surface area (Å²) in [6.07, 6.45) is 3.10. The largest absolute Gasteiger partial charge is 0.437 e. The van der Waals surface area contributed by atoms with E-state index in [9.17, 15) is 4.39 Å². The molecule has 1 aliphatic rings. The van der Waals surface area contributed by atoms with E-state index in [1.165, 1.54) is 17.1 Å². The number of hydrazine groups is 1. The highest BCUT2D eigenvalue weighted by Gasteiger charge is 2.12. The van der Waals surface area contributed by atoms with Gasteiger partial charge in [0.25, 0.3) is 0 Å². The predicted molar refractivity (Wildman–Crippen MR) is 58.9 cm³/mol.